The van der Waals surface area contributed by atoms with E-state index in [-0.39, 0.29) is 5.91 Å². The number of nitrogens with zero attached hydrogens (tertiary/aromatic N) is 3. The van der Waals surface area contributed by atoms with Crippen LogP contribution in [-0.2, 0) is 6.54 Å². The van der Waals surface area contributed by atoms with Gasteiger partial charge in [0.05, 0.1) is 0 Å². The molecule has 4 aromatic carbocycles. The number of rotatable bonds is 10. The quantitative estimate of drug-likeness (QED) is 0.234. The predicted octanol–water partition coefficient (Wildman–Crippen LogP) is 6.69. The van der Waals surface area contributed by atoms with Gasteiger partial charge in [-0.2, -0.15) is 0 Å². The van der Waals surface area contributed by atoms with Gasteiger partial charge in [-0.3, -0.25) is 9.69 Å². The smallest absolute Gasteiger partial charge is 0.254 e. The summed E-state index contributed by atoms with van der Waals surface area (Å²) in [7, 11) is 0. The van der Waals surface area contributed by atoms with Crippen molar-refractivity contribution in [3.63, 3.8) is 0 Å². The van der Waals surface area contributed by atoms with Crippen molar-refractivity contribution < 1.29 is 4.79 Å². The van der Waals surface area contributed by atoms with Gasteiger partial charge in [0.15, 0.2) is 0 Å². The highest BCUT2D eigenvalue weighted by molar-refractivity contribution is 5.95. The molecular formula is C35H39N3O. The lowest BCUT2D eigenvalue weighted by atomic mass is 9.88. The molecule has 0 unspecified atom stereocenters. The molecule has 0 bridgehead atoms. The van der Waals surface area contributed by atoms with Gasteiger partial charge < -0.3 is 9.80 Å². The van der Waals surface area contributed by atoms with E-state index in [1.807, 2.05) is 42.2 Å². The molecule has 1 aliphatic heterocycles. The van der Waals surface area contributed by atoms with Crippen molar-refractivity contribution in [3.8, 4) is 0 Å². The SMILES string of the molecule is CCN(Cc1ccccc1)C(=O)c1cccc(N2CCN(CCC(c3ccccc3)c3ccccc3)CC2)c1. The van der Waals surface area contributed by atoms with Gasteiger partial charge in [0.2, 0.25) is 0 Å². The second-order valence-corrected chi connectivity index (χ2v) is 10.3. The molecule has 1 fully saturated rings. The predicted molar refractivity (Wildman–Crippen MR) is 161 cm³/mol. The van der Waals surface area contributed by atoms with Crippen molar-refractivity contribution >= 4 is 11.6 Å². The summed E-state index contributed by atoms with van der Waals surface area (Å²) in [6.07, 6.45) is 1.10. The molecule has 200 valence electrons. The summed E-state index contributed by atoms with van der Waals surface area (Å²) in [5, 5.41) is 0. The summed E-state index contributed by atoms with van der Waals surface area (Å²) in [4.78, 5) is 20.3. The Morgan fingerprint density at radius 2 is 1.33 bits per heavy atom. The highest BCUT2D eigenvalue weighted by Crippen LogP contribution is 2.28. The molecule has 1 heterocycles. The van der Waals surface area contributed by atoms with Crippen molar-refractivity contribution in [3.05, 3.63) is 138 Å². The topological polar surface area (TPSA) is 26.8 Å². The highest BCUT2D eigenvalue weighted by Gasteiger charge is 2.21. The van der Waals surface area contributed by atoms with Crippen LogP contribution in [-0.4, -0.2) is 55.0 Å². The van der Waals surface area contributed by atoms with Gasteiger partial charge in [0.25, 0.3) is 5.91 Å². The molecule has 4 nitrogen and oxygen atoms in total. The van der Waals surface area contributed by atoms with Crippen LogP contribution in [0.25, 0.3) is 0 Å². The van der Waals surface area contributed by atoms with Crippen molar-refractivity contribution in [1.82, 2.24) is 9.80 Å². The second kappa shape index (κ2) is 13.3. The summed E-state index contributed by atoms with van der Waals surface area (Å²) < 4.78 is 0. The first-order valence-corrected chi connectivity index (χ1v) is 14.2. The van der Waals surface area contributed by atoms with E-state index in [1.54, 1.807) is 0 Å². The summed E-state index contributed by atoms with van der Waals surface area (Å²) >= 11 is 0. The van der Waals surface area contributed by atoms with Gasteiger partial charge in [-0.1, -0.05) is 97.1 Å². The van der Waals surface area contributed by atoms with Gasteiger partial charge in [0, 0.05) is 56.4 Å². The van der Waals surface area contributed by atoms with Crippen molar-refractivity contribution in [1.29, 1.82) is 0 Å². The summed E-state index contributed by atoms with van der Waals surface area (Å²) in [6.45, 7) is 8.44. The largest absolute Gasteiger partial charge is 0.369 e. The molecule has 0 N–H and O–H groups in total. The lowest BCUT2D eigenvalue weighted by molar-refractivity contribution is 0.0752. The normalized spacial score (nSPS) is 13.9. The van der Waals surface area contributed by atoms with E-state index in [0.717, 1.165) is 56.0 Å². The molecule has 4 heteroatoms. The molecule has 0 radical (unpaired) electrons. The fourth-order valence-corrected chi connectivity index (χ4v) is 5.59. The Balaban J connectivity index is 1.18. The number of hydrogen-bond acceptors (Lipinski definition) is 3. The molecule has 0 spiro atoms. The van der Waals surface area contributed by atoms with E-state index in [4.69, 9.17) is 0 Å². The maximum Gasteiger partial charge on any atom is 0.254 e. The molecule has 0 aromatic heterocycles. The van der Waals surface area contributed by atoms with Gasteiger partial charge in [-0.25, -0.2) is 0 Å². The van der Waals surface area contributed by atoms with Crippen molar-refractivity contribution in [2.24, 2.45) is 0 Å². The Bertz CT molecular complexity index is 1260. The fourth-order valence-electron chi connectivity index (χ4n) is 5.59. The van der Waals surface area contributed by atoms with Crippen molar-refractivity contribution in [2.45, 2.75) is 25.8 Å². The maximum atomic E-state index is 13.3. The van der Waals surface area contributed by atoms with Crippen LogP contribution in [0.3, 0.4) is 0 Å². The average molecular weight is 518 g/mol. The zero-order chi connectivity index (χ0) is 26.9. The van der Waals surface area contributed by atoms with Gasteiger partial charge >= 0.3 is 0 Å². The van der Waals surface area contributed by atoms with E-state index in [2.05, 4.69) is 94.7 Å². The minimum Gasteiger partial charge on any atom is -0.369 e. The van der Waals surface area contributed by atoms with Gasteiger partial charge in [0.1, 0.15) is 0 Å². The van der Waals surface area contributed by atoms with E-state index in [0.29, 0.717) is 19.0 Å². The van der Waals surface area contributed by atoms with E-state index in [9.17, 15) is 4.79 Å². The van der Waals surface area contributed by atoms with Crippen LogP contribution in [0.5, 0.6) is 0 Å². The van der Waals surface area contributed by atoms with E-state index >= 15 is 0 Å². The third kappa shape index (κ3) is 6.96. The monoisotopic (exact) mass is 517 g/mol. The Hall–Kier alpha value is -3.89. The third-order valence-corrected chi connectivity index (χ3v) is 7.85. The molecular weight excluding hydrogens is 478 g/mol. The van der Waals surface area contributed by atoms with Crippen LogP contribution in [0.15, 0.2) is 115 Å². The lowest BCUT2D eigenvalue weighted by Gasteiger charge is -2.37. The van der Waals surface area contributed by atoms with Crippen molar-refractivity contribution in [2.75, 3.05) is 44.2 Å². The number of anilines is 1. The zero-order valence-corrected chi connectivity index (χ0v) is 23.0. The zero-order valence-electron chi connectivity index (χ0n) is 23.0. The molecule has 0 atom stereocenters. The maximum absolute atomic E-state index is 13.3. The number of piperazine rings is 1. The van der Waals surface area contributed by atoms with Crippen LogP contribution in [0.2, 0.25) is 0 Å². The molecule has 0 aliphatic carbocycles. The second-order valence-electron chi connectivity index (χ2n) is 10.3. The number of hydrogen-bond donors (Lipinski definition) is 0. The lowest BCUT2D eigenvalue weighted by Crippen LogP contribution is -2.46. The highest BCUT2D eigenvalue weighted by atomic mass is 16.2. The number of carbonyl (C=O) groups excluding carboxylic acids is 1. The van der Waals surface area contributed by atoms with Crippen LogP contribution < -0.4 is 4.90 Å². The number of carbonyl (C=O) groups is 1. The first-order chi connectivity index (χ1) is 19.2. The first kappa shape index (κ1) is 26.7. The number of benzene rings is 4. The molecule has 5 rings (SSSR count). The molecule has 0 saturated carbocycles. The average Bonchev–Trinajstić information content (AvgIpc) is 3.01. The van der Waals surface area contributed by atoms with E-state index < -0.39 is 0 Å². The van der Waals surface area contributed by atoms with Crippen LogP contribution >= 0.6 is 0 Å². The van der Waals surface area contributed by atoms with E-state index in [1.165, 1.54) is 11.1 Å². The fraction of sp³-hybridized carbons (Fsp3) is 0.286. The Kier molecular flexibility index (Phi) is 9.08. The molecule has 1 saturated heterocycles. The molecule has 1 amide bonds. The van der Waals surface area contributed by atoms with Gasteiger partial charge in [-0.15, -0.1) is 0 Å². The van der Waals surface area contributed by atoms with Gasteiger partial charge in [-0.05, 0) is 54.8 Å². The molecule has 4 aromatic rings. The van der Waals surface area contributed by atoms with Crippen LogP contribution in [0, 0.1) is 0 Å². The first-order valence-electron chi connectivity index (χ1n) is 14.2. The summed E-state index contributed by atoms with van der Waals surface area (Å²) in [6, 6.07) is 40.2. The standard InChI is InChI=1S/C35H39N3O/c1-2-37(28-29-13-6-3-7-14-29)35(39)32-19-12-20-33(27-32)38-25-23-36(24-26-38)22-21-34(30-15-8-4-9-16-30)31-17-10-5-11-18-31/h3-20,27,34H,2,21-26,28H2,1H3. The Morgan fingerprint density at radius 1 is 0.744 bits per heavy atom. The minimum atomic E-state index is 0.0923. The summed E-state index contributed by atoms with van der Waals surface area (Å²) in [5.74, 6) is 0.500. The Labute approximate surface area is 233 Å². The van der Waals surface area contributed by atoms with Crippen LogP contribution in [0.1, 0.15) is 46.3 Å². The van der Waals surface area contributed by atoms with Crippen LogP contribution in [0.4, 0.5) is 5.69 Å². The minimum absolute atomic E-state index is 0.0923. The number of amides is 1. The third-order valence-electron chi connectivity index (χ3n) is 7.85. The summed E-state index contributed by atoms with van der Waals surface area (Å²) in [5.41, 5.74) is 5.83. The Morgan fingerprint density at radius 3 is 1.92 bits per heavy atom. The molecule has 1 aliphatic rings. The molecule has 39 heavy (non-hydrogen) atoms.